The number of hydrogen-bond donors (Lipinski definition) is 1. The molecule has 1 aromatic heterocycles. The summed E-state index contributed by atoms with van der Waals surface area (Å²) in [5, 5.41) is 3.42. The van der Waals surface area contributed by atoms with Crippen LogP contribution in [-0.2, 0) is 11.3 Å². The highest BCUT2D eigenvalue weighted by molar-refractivity contribution is 5.78. The van der Waals surface area contributed by atoms with Gasteiger partial charge in [-0.05, 0) is 43.9 Å². The van der Waals surface area contributed by atoms with Crippen LogP contribution in [0.5, 0.6) is 5.75 Å². The molecule has 3 rings (SSSR count). The maximum Gasteiger partial charge on any atom is 0.261 e. The minimum atomic E-state index is -0.242. The van der Waals surface area contributed by atoms with Crippen LogP contribution in [0.15, 0.2) is 59.7 Å². The summed E-state index contributed by atoms with van der Waals surface area (Å²) >= 11 is 0. The van der Waals surface area contributed by atoms with E-state index < -0.39 is 0 Å². The average Bonchev–Trinajstić information content (AvgIpc) is 2.70. The predicted molar refractivity (Wildman–Crippen MR) is 108 cm³/mol. The Kier molecular flexibility index (Phi) is 6.06. The van der Waals surface area contributed by atoms with Crippen molar-refractivity contribution in [2.24, 2.45) is 0 Å². The smallest absolute Gasteiger partial charge is 0.261 e. The van der Waals surface area contributed by atoms with Crippen LogP contribution in [-0.4, -0.2) is 48.1 Å². The lowest BCUT2D eigenvalue weighted by atomic mass is 10.1. The molecule has 0 radical (unpaired) electrons. The van der Waals surface area contributed by atoms with Gasteiger partial charge in [0.1, 0.15) is 12.3 Å². The topological polar surface area (TPSA) is 76.5 Å². The number of hydrogen-bond acceptors (Lipinski definition) is 5. The van der Waals surface area contributed by atoms with E-state index in [-0.39, 0.29) is 24.1 Å². The third-order valence-electron chi connectivity index (χ3n) is 4.64. The summed E-state index contributed by atoms with van der Waals surface area (Å²) in [5.41, 5.74) is 1.43. The van der Waals surface area contributed by atoms with Crippen LogP contribution in [0.25, 0.3) is 10.9 Å². The van der Waals surface area contributed by atoms with E-state index in [1.807, 2.05) is 49.3 Å². The molecule has 28 heavy (non-hydrogen) atoms. The second kappa shape index (κ2) is 8.67. The monoisotopic (exact) mass is 380 g/mol. The largest absolute Gasteiger partial charge is 0.497 e. The molecule has 0 bridgehead atoms. The molecule has 1 atom stereocenters. The number of para-hydroxylation sites is 1. The van der Waals surface area contributed by atoms with Gasteiger partial charge in [-0.25, -0.2) is 4.98 Å². The Morgan fingerprint density at radius 3 is 2.75 bits per heavy atom. The number of carbonyl (C=O) groups is 1. The Morgan fingerprint density at radius 1 is 1.21 bits per heavy atom. The maximum atomic E-state index is 12.5. The Morgan fingerprint density at radius 2 is 2.00 bits per heavy atom. The summed E-state index contributed by atoms with van der Waals surface area (Å²) in [6, 6.07) is 14.8. The predicted octanol–water partition coefficient (Wildman–Crippen LogP) is 1.82. The van der Waals surface area contributed by atoms with E-state index in [1.165, 1.54) is 10.9 Å². The molecular weight excluding hydrogens is 356 g/mol. The first kappa shape index (κ1) is 19.6. The van der Waals surface area contributed by atoms with Crippen LogP contribution in [0, 0.1) is 0 Å². The summed E-state index contributed by atoms with van der Waals surface area (Å²) in [6.07, 6.45) is 1.41. The molecule has 0 fully saturated rings. The van der Waals surface area contributed by atoms with Gasteiger partial charge in [0.15, 0.2) is 0 Å². The van der Waals surface area contributed by atoms with E-state index in [0.717, 1.165) is 11.3 Å². The molecule has 0 aliphatic rings. The number of rotatable bonds is 7. The number of nitrogens with one attached hydrogen (secondary N) is 1. The van der Waals surface area contributed by atoms with E-state index in [0.29, 0.717) is 17.4 Å². The van der Waals surface area contributed by atoms with Gasteiger partial charge in [0.25, 0.3) is 5.56 Å². The molecule has 0 saturated heterocycles. The molecule has 146 valence electrons. The van der Waals surface area contributed by atoms with Gasteiger partial charge in [0.2, 0.25) is 5.91 Å². The minimum Gasteiger partial charge on any atom is -0.497 e. The standard InChI is InChI=1S/C21H24N4O3/c1-24(2)19(15-7-6-8-16(11-15)28-3)12-22-20(26)13-25-14-23-18-10-5-4-9-17(18)21(25)27/h4-11,14,19H,12-13H2,1-3H3,(H,22,26). The zero-order valence-electron chi connectivity index (χ0n) is 16.3. The average molecular weight is 380 g/mol. The van der Waals surface area contributed by atoms with Crippen molar-refractivity contribution in [1.29, 1.82) is 0 Å². The van der Waals surface area contributed by atoms with E-state index in [2.05, 4.69) is 10.3 Å². The lowest BCUT2D eigenvalue weighted by molar-refractivity contribution is -0.121. The van der Waals surface area contributed by atoms with Gasteiger partial charge in [-0.15, -0.1) is 0 Å². The van der Waals surface area contributed by atoms with Crippen molar-refractivity contribution >= 4 is 16.8 Å². The molecular formula is C21H24N4O3. The lowest BCUT2D eigenvalue weighted by Gasteiger charge is -2.25. The Balaban J connectivity index is 1.70. The van der Waals surface area contributed by atoms with Crippen LogP contribution in [0.2, 0.25) is 0 Å². The van der Waals surface area contributed by atoms with Crippen molar-refractivity contribution in [2.45, 2.75) is 12.6 Å². The molecule has 0 aliphatic heterocycles. The summed E-state index contributed by atoms with van der Waals surface area (Å²) in [4.78, 5) is 31.2. The van der Waals surface area contributed by atoms with Gasteiger partial charge >= 0.3 is 0 Å². The number of carbonyl (C=O) groups excluding carboxylic acids is 1. The molecule has 3 aromatic rings. The van der Waals surface area contributed by atoms with Gasteiger partial charge in [-0.1, -0.05) is 24.3 Å². The van der Waals surface area contributed by atoms with Crippen molar-refractivity contribution in [1.82, 2.24) is 19.8 Å². The quantitative estimate of drug-likeness (QED) is 0.677. The number of benzene rings is 2. The first-order valence-corrected chi connectivity index (χ1v) is 9.01. The fourth-order valence-corrected chi connectivity index (χ4v) is 3.09. The van der Waals surface area contributed by atoms with Gasteiger partial charge in [-0.2, -0.15) is 0 Å². The highest BCUT2D eigenvalue weighted by atomic mass is 16.5. The zero-order chi connectivity index (χ0) is 20.1. The number of amides is 1. The summed E-state index contributed by atoms with van der Waals surface area (Å²) in [6.45, 7) is 0.337. The van der Waals surface area contributed by atoms with Gasteiger partial charge in [-0.3, -0.25) is 14.2 Å². The molecule has 0 aliphatic carbocycles. The first-order valence-electron chi connectivity index (χ1n) is 9.01. The van der Waals surface area contributed by atoms with Crippen LogP contribution < -0.4 is 15.6 Å². The highest BCUT2D eigenvalue weighted by Crippen LogP contribution is 2.22. The van der Waals surface area contributed by atoms with E-state index in [9.17, 15) is 9.59 Å². The number of fused-ring (bicyclic) bond motifs is 1. The molecule has 7 heteroatoms. The molecule has 1 N–H and O–H groups in total. The second-order valence-corrected chi connectivity index (χ2v) is 6.75. The molecule has 0 spiro atoms. The summed E-state index contributed by atoms with van der Waals surface area (Å²) in [7, 11) is 5.53. The van der Waals surface area contributed by atoms with E-state index in [4.69, 9.17) is 4.74 Å². The van der Waals surface area contributed by atoms with Crippen molar-refractivity contribution < 1.29 is 9.53 Å². The number of aromatic nitrogens is 2. The fraction of sp³-hybridized carbons (Fsp3) is 0.286. The lowest BCUT2D eigenvalue weighted by Crippen LogP contribution is -2.37. The van der Waals surface area contributed by atoms with Gasteiger partial charge < -0.3 is 15.0 Å². The Hall–Kier alpha value is -3.19. The zero-order valence-corrected chi connectivity index (χ0v) is 16.3. The van der Waals surface area contributed by atoms with E-state index >= 15 is 0 Å². The normalized spacial score (nSPS) is 12.1. The van der Waals surface area contributed by atoms with Crippen molar-refractivity contribution in [3.8, 4) is 5.75 Å². The minimum absolute atomic E-state index is 0.0227. The molecule has 1 heterocycles. The van der Waals surface area contributed by atoms with Crippen LogP contribution in [0.1, 0.15) is 11.6 Å². The van der Waals surface area contributed by atoms with E-state index in [1.54, 1.807) is 25.3 Å². The second-order valence-electron chi connectivity index (χ2n) is 6.75. The van der Waals surface area contributed by atoms with Crippen molar-refractivity contribution in [3.63, 3.8) is 0 Å². The highest BCUT2D eigenvalue weighted by Gasteiger charge is 2.16. The Labute approximate surface area is 163 Å². The number of ether oxygens (including phenoxy) is 1. The first-order chi connectivity index (χ1) is 13.5. The summed E-state index contributed by atoms with van der Waals surface area (Å²) in [5.74, 6) is 0.526. The number of nitrogens with zero attached hydrogens (tertiary/aromatic N) is 3. The SMILES string of the molecule is COc1cccc(C(CNC(=O)Cn2cnc3ccccc3c2=O)N(C)C)c1. The molecule has 1 amide bonds. The third kappa shape index (κ3) is 4.37. The number of likely N-dealkylation sites (N-methyl/N-ethyl adjacent to an activating group) is 1. The third-order valence-corrected chi connectivity index (χ3v) is 4.64. The molecule has 2 aromatic carbocycles. The molecule has 1 unspecified atom stereocenters. The molecule has 0 saturated carbocycles. The van der Waals surface area contributed by atoms with Crippen LogP contribution in [0.3, 0.4) is 0 Å². The Bertz CT molecular complexity index is 1030. The van der Waals surface area contributed by atoms with Crippen molar-refractivity contribution in [2.75, 3.05) is 27.7 Å². The van der Waals surface area contributed by atoms with Crippen molar-refractivity contribution in [3.05, 3.63) is 70.8 Å². The van der Waals surface area contributed by atoms with Gasteiger partial charge in [0.05, 0.1) is 30.4 Å². The fourth-order valence-electron chi connectivity index (χ4n) is 3.09. The van der Waals surface area contributed by atoms with Crippen LogP contribution in [0.4, 0.5) is 0 Å². The summed E-state index contributed by atoms with van der Waals surface area (Å²) < 4.78 is 6.61. The molecule has 7 nitrogen and oxygen atoms in total. The number of methoxy groups -OCH3 is 1. The van der Waals surface area contributed by atoms with Gasteiger partial charge in [0, 0.05) is 6.54 Å². The maximum absolute atomic E-state index is 12.5. The van der Waals surface area contributed by atoms with Crippen LogP contribution >= 0.6 is 0 Å².